The molecular formula is C37H29Br3F7N2OP. The minimum Gasteiger partial charge on any atom is -0.255 e. The van der Waals surface area contributed by atoms with Crippen molar-refractivity contribution in [3.63, 3.8) is 0 Å². The topological polar surface area (TPSA) is 44.9 Å². The fraction of sp³-hybridized carbons (Fsp3) is 0.108. The van der Waals surface area contributed by atoms with Crippen molar-refractivity contribution >= 4 is 91.1 Å². The van der Waals surface area contributed by atoms with Crippen molar-refractivity contribution in [2.45, 2.75) is 18.5 Å². The Morgan fingerprint density at radius 2 is 1.18 bits per heavy atom. The van der Waals surface area contributed by atoms with Crippen LogP contribution >= 0.6 is 52.7 Å². The fourth-order valence-electron chi connectivity index (χ4n) is 5.51. The summed E-state index contributed by atoms with van der Waals surface area (Å²) in [4.78, 5) is 14.2. The van der Waals surface area contributed by atoms with E-state index in [2.05, 4.69) is 57.6 Å². The predicted octanol–water partition coefficient (Wildman–Crippen LogP) is 11.8. The summed E-state index contributed by atoms with van der Waals surface area (Å²) in [5.41, 5.74) is 0.451. The molecule has 6 rings (SSSR count). The number of hydrogen-bond acceptors (Lipinski definition) is 1. The molecule has 0 radical (unpaired) electrons. The van der Waals surface area contributed by atoms with Crippen LogP contribution < -0.4 is 21.2 Å². The summed E-state index contributed by atoms with van der Waals surface area (Å²) in [6.07, 6.45) is -8.98. The van der Waals surface area contributed by atoms with Gasteiger partial charge in [0.1, 0.15) is 5.69 Å². The second-order valence-electron chi connectivity index (χ2n) is 11.0. The molecule has 0 unspecified atom stereocenters. The number of fused-ring (bicyclic) bond motifs is 1. The number of carbonyl (C=O) groups excluding carboxylic acids is 1. The molecule has 268 valence electrons. The molecule has 0 saturated carbocycles. The Morgan fingerprint density at radius 1 is 0.725 bits per heavy atom. The minimum absolute atomic E-state index is 0.109. The molecule has 5 aromatic carbocycles. The normalized spacial score (nSPS) is 12.7. The largest absolute Gasteiger partial charge is 0.255 e. The van der Waals surface area contributed by atoms with E-state index in [1.54, 1.807) is 30.3 Å². The van der Waals surface area contributed by atoms with Crippen LogP contribution in [-0.4, -0.2) is 24.2 Å². The van der Waals surface area contributed by atoms with E-state index in [-0.39, 0.29) is 5.69 Å². The molecule has 0 aliphatic heterocycles. The SMILES string of the molecule is FC(F)(F)c1cc2ccc(Br)cc2[nH]1.O=C(Nc1cc(Br)ccc1CP(Br)(c1ccccc1)(c1ccccc1)c1ccccc1)C(F)(F)F.[2H]CF. The number of halogens is 10. The van der Waals surface area contributed by atoms with Gasteiger partial charge < -0.3 is 4.98 Å². The first-order chi connectivity index (χ1) is 24.5. The van der Waals surface area contributed by atoms with Crippen LogP contribution in [0.4, 0.5) is 36.4 Å². The first-order valence-electron chi connectivity index (χ1n) is 15.5. The average molecular weight is 922 g/mol. The number of carbonyl (C=O) groups is 1. The van der Waals surface area contributed by atoms with Gasteiger partial charge in [-0.15, -0.1) is 0 Å². The van der Waals surface area contributed by atoms with Crippen LogP contribution in [0, 0.1) is 0 Å². The van der Waals surface area contributed by atoms with Gasteiger partial charge in [0.05, 0.1) is 8.52 Å². The van der Waals surface area contributed by atoms with Crippen LogP contribution in [0.15, 0.2) is 142 Å². The van der Waals surface area contributed by atoms with Crippen molar-refractivity contribution in [3.05, 3.63) is 154 Å². The Bertz CT molecular complexity index is 2000. The number of amides is 1. The van der Waals surface area contributed by atoms with Gasteiger partial charge in [-0.2, -0.15) is 13.2 Å². The second-order valence-corrected chi connectivity index (χ2v) is 21.8. The van der Waals surface area contributed by atoms with E-state index in [9.17, 15) is 35.5 Å². The maximum Gasteiger partial charge on any atom is 0.0785 e. The van der Waals surface area contributed by atoms with Crippen molar-refractivity contribution in [3.8, 4) is 0 Å². The van der Waals surface area contributed by atoms with Gasteiger partial charge in [-0.3, -0.25) is 4.39 Å². The molecule has 1 aromatic heterocycles. The zero-order valence-corrected chi connectivity index (χ0v) is 31.9. The standard InChI is InChI=1S/C27H21Br2F3NOP.C9H5BrF3N.CH3F/c28-21-17-16-20(25(18-21)33-26(34)27(30,31)32)19-35(29,22-10-4-1-5-11-22,23-12-6-2-7-13-23)24-14-8-3-9-15-24;10-6-2-1-5-3-8(9(11,12)13)14-7(5)4-6;1-2/h1-18H,19H2,(H,33,34);1-4,14H;1H3/i;;1D. The van der Waals surface area contributed by atoms with Gasteiger partial charge in [-0.25, -0.2) is 0 Å². The van der Waals surface area contributed by atoms with Gasteiger partial charge in [-0.1, -0.05) is 22.0 Å². The smallest absolute Gasteiger partial charge is 0.0785 e. The quantitative estimate of drug-likeness (QED) is 0.127. The molecule has 0 fully saturated rings. The third-order valence-electron chi connectivity index (χ3n) is 7.82. The average Bonchev–Trinajstić information content (AvgIpc) is 3.55. The Labute approximate surface area is 316 Å². The molecule has 1 amide bonds. The van der Waals surface area contributed by atoms with Crippen LogP contribution in [0.1, 0.15) is 12.6 Å². The zero-order valence-electron chi connectivity index (χ0n) is 27.3. The molecule has 0 spiro atoms. The van der Waals surface area contributed by atoms with Gasteiger partial charge in [0.25, 0.3) is 0 Å². The van der Waals surface area contributed by atoms with Crippen LogP contribution in [0.3, 0.4) is 0 Å². The van der Waals surface area contributed by atoms with Gasteiger partial charge >= 0.3 is 225 Å². The number of aromatic amines is 1. The molecule has 0 aliphatic carbocycles. The molecular weight excluding hydrogens is 892 g/mol. The van der Waals surface area contributed by atoms with Crippen molar-refractivity contribution in [1.29, 1.82) is 0 Å². The van der Waals surface area contributed by atoms with Crippen LogP contribution in [0.2, 0.25) is 0 Å². The van der Waals surface area contributed by atoms with E-state index < -0.39 is 36.4 Å². The van der Waals surface area contributed by atoms with E-state index in [0.717, 1.165) is 26.5 Å². The molecule has 0 saturated heterocycles. The maximum absolute atomic E-state index is 13.2. The summed E-state index contributed by atoms with van der Waals surface area (Å²) in [5, 5.41) is 2.24. The summed E-state index contributed by atoms with van der Waals surface area (Å²) < 4.78 is 93.1. The van der Waals surface area contributed by atoms with E-state index in [4.69, 9.17) is 1.37 Å². The van der Waals surface area contributed by atoms with Crippen LogP contribution in [0.25, 0.3) is 10.9 Å². The maximum atomic E-state index is 13.2. The molecule has 2 N–H and O–H groups in total. The third kappa shape index (κ3) is 9.11. The summed E-state index contributed by atoms with van der Waals surface area (Å²) in [5.74, 6) is -2.01. The molecule has 0 atom stereocenters. The monoisotopic (exact) mass is 919 g/mol. The number of anilines is 1. The third-order valence-corrected chi connectivity index (χ3v) is 18.3. The van der Waals surface area contributed by atoms with Crippen LogP contribution in [-0.2, 0) is 17.1 Å². The predicted molar refractivity (Wildman–Crippen MR) is 205 cm³/mol. The number of alkyl halides is 7. The van der Waals surface area contributed by atoms with Crippen molar-refractivity contribution < 1.29 is 36.9 Å². The van der Waals surface area contributed by atoms with E-state index in [0.29, 0.717) is 27.1 Å². The molecule has 14 heteroatoms. The number of hydrogen-bond donors (Lipinski definition) is 2. The summed E-state index contributed by atoms with van der Waals surface area (Å²) >= 11 is 10.8. The Kier molecular flexibility index (Phi) is 12.5. The van der Waals surface area contributed by atoms with Crippen molar-refractivity contribution in [1.82, 2.24) is 4.98 Å². The number of benzene rings is 5. The summed E-state index contributed by atoms with van der Waals surface area (Å²) in [6, 6.07) is 40.9. The Morgan fingerprint density at radius 3 is 1.63 bits per heavy atom. The van der Waals surface area contributed by atoms with E-state index in [1.807, 2.05) is 91.0 Å². The fourth-order valence-corrected chi connectivity index (χ4v) is 13.9. The van der Waals surface area contributed by atoms with E-state index in [1.165, 1.54) is 6.07 Å². The summed E-state index contributed by atoms with van der Waals surface area (Å²) in [7, 11) is -1.00. The Hall–Kier alpha value is -3.51. The molecule has 1 heterocycles. The number of aromatic nitrogens is 1. The number of rotatable bonds is 6. The molecule has 0 aliphatic rings. The van der Waals surface area contributed by atoms with Crippen molar-refractivity contribution in [2.75, 3.05) is 12.5 Å². The van der Waals surface area contributed by atoms with Gasteiger partial charge in [0.15, 0.2) is 0 Å². The van der Waals surface area contributed by atoms with E-state index >= 15 is 0 Å². The molecule has 3 nitrogen and oxygen atoms in total. The first-order valence-corrected chi connectivity index (χ1v) is 20.8. The van der Waals surface area contributed by atoms with Gasteiger partial charge in [-0.05, 0) is 18.2 Å². The second kappa shape index (κ2) is 16.4. The minimum atomic E-state index is -5.00. The van der Waals surface area contributed by atoms with Crippen LogP contribution in [0.5, 0.6) is 0 Å². The number of nitrogens with one attached hydrogen (secondary N) is 2. The molecule has 6 aromatic rings. The van der Waals surface area contributed by atoms with Crippen molar-refractivity contribution in [2.24, 2.45) is 0 Å². The number of H-pyrrole nitrogens is 1. The molecule has 0 bridgehead atoms. The van der Waals surface area contributed by atoms with Gasteiger partial charge in [0.2, 0.25) is 0 Å². The first kappa shape index (κ1) is 38.7. The van der Waals surface area contributed by atoms with Gasteiger partial charge in [0, 0.05) is 15.4 Å². The summed E-state index contributed by atoms with van der Waals surface area (Å²) in [6.45, 7) is 0. The zero-order chi connectivity index (χ0) is 38.2. The molecule has 51 heavy (non-hydrogen) atoms. The Balaban J connectivity index is 0.000000294.